The lowest BCUT2D eigenvalue weighted by molar-refractivity contribution is -0.189. The number of ether oxygens (including phenoxy) is 4. The van der Waals surface area contributed by atoms with Crippen LogP contribution in [0.1, 0.15) is 178 Å². The number of hydrogen-bond donors (Lipinski definition) is 1. The van der Waals surface area contributed by atoms with E-state index in [9.17, 15) is 24.3 Å². The molecule has 2 aromatic heterocycles. The van der Waals surface area contributed by atoms with Crippen LogP contribution in [0.2, 0.25) is 0 Å². The number of hydrogen-bond acceptors (Lipinski definition) is 10. The van der Waals surface area contributed by atoms with Gasteiger partial charge in [0.15, 0.2) is 0 Å². The summed E-state index contributed by atoms with van der Waals surface area (Å²) in [7, 11) is 0. The van der Waals surface area contributed by atoms with Gasteiger partial charge < -0.3 is 28.6 Å². The normalized spacial score (nSPS) is 15.9. The van der Waals surface area contributed by atoms with E-state index in [1.165, 1.54) is 83.5 Å². The van der Waals surface area contributed by atoms with Crippen LogP contribution in [-0.2, 0) is 52.1 Å². The summed E-state index contributed by atoms with van der Waals surface area (Å²) in [4.78, 5) is 57.6. The van der Waals surface area contributed by atoms with Gasteiger partial charge in [-0.1, -0.05) is 141 Å². The molecule has 60 heavy (non-hydrogen) atoms. The predicted molar refractivity (Wildman–Crippen MR) is 233 cm³/mol. The number of aliphatic hydroxyl groups is 1. The van der Waals surface area contributed by atoms with Gasteiger partial charge in [-0.25, -0.2) is 9.78 Å². The van der Waals surface area contributed by atoms with Crippen LogP contribution < -0.4 is 5.56 Å². The third-order valence-corrected chi connectivity index (χ3v) is 12.1. The Kier molecular flexibility index (Phi) is 19.6. The van der Waals surface area contributed by atoms with Crippen molar-refractivity contribution in [2.75, 3.05) is 19.8 Å². The first kappa shape index (κ1) is 47.0. The van der Waals surface area contributed by atoms with Gasteiger partial charge in [0.2, 0.25) is 5.60 Å². The zero-order valence-electron chi connectivity index (χ0n) is 36.4. The molecule has 2 aliphatic rings. The second kappa shape index (κ2) is 25.0. The molecule has 1 N–H and O–H groups in total. The summed E-state index contributed by atoms with van der Waals surface area (Å²) < 4.78 is 24.2. The van der Waals surface area contributed by atoms with Crippen LogP contribution in [0.15, 0.2) is 41.2 Å². The predicted octanol–water partition coefficient (Wildman–Crippen LogP) is 10.2. The average molecular weight is 831 g/mol. The lowest BCUT2D eigenvalue weighted by Crippen LogP contribution is -2.47. The van der Waals surface area contributed by atoms with Crippen LogP contribution in [0.25, 0.3) is 22.3 Å². The number of cyclic esters (lactones) is 1. The molecule has 5 rings (SSSR count). The SMILES string of the molecule is CCCCCCCCCCCCCCCCCOC[C@H](CO)OC(=O)CCCCCCCC(=O)O[C@]1(CC)C(=O)OCc2c1cc1n(c2=O)Cc2cc3ccccc3nc2-1. The highest BCUT2D eigenvalue weighted by molar-refractivity contribution is 5.88. The lowest BCUT2D eigenvalue weighted by Gasteiger charge is -2.35. The van der Waals surface area contributed by atoms with E-state index in [-0.39, 0.29) is 50.6 Å². The number of carbonyl (C=O) groups excluding carboxylic acids is 3. The first-order valence-corrected chi connectivity index (χ1v) is 23.2. The lowest BCUT2D eigenvalue weighted by atomic mass is 9.85. The van der Waals surface area contributed by atoms with Crippen molar-refractivity contribution in [1.82, 2.24) is 9.55 Å². The van der Waals surface area contributed by atoms with Gasteiger partial charge in [-0.05, 0) is 43.9 Å². The number of benzene rings is 1. The minimum atomic E-state index is -1.72. The topological polar surface area (TPSA) is 143 Å². The standard InChI is InChI=1S/C49H70N2O9/c1-3-5-6-7-8-9-10-11-12-13-14-15-16-20-25-30-57-35-39(34-52)59-44(53)28-21-18-17-19-22-29-45(54)60-49(4-2)41-32-43-46-38(31-37-26-23-24-27-42(37)50-46)33-51(43)47(55)40(41)36-58-48(49)56/h23-24,26-27,31-32,39,52H,3-22,25,28-30,33-36H2,1-2H3/t39-,49-/m0/s1. The van der Waals surface area contributed by atoms with E-state index in [1.807, 2.05) is 30.3 Å². The first-order chi connectivity index (χ1) is 29.3. The van der Waals surface area contributed by atoms with Crippen molar-refractivity contribution in [3.8, 4) is 11.4 Å². The van der Waals surface area contributed by atoms with E-state index >= 15 is 0 Å². The Bertz CT molecular complexity index is 1890. The van der Waals surface area contributed by atoms with E-state index in [4.69, 9.17) is 23.9 Å². The summed E-state index contributed by atoms with van der Waals surface area (Å²) in [6, 6.07) is 11.6. The largest absolute Gasteiger partial charge is 0.457 e. The molecule has 2 aliphatic heterocycles. The second-order valence-electron chi connectivity index (χ2n) is 16.8. The molecule has 0 spiro atoms. The minimum Gasteiger partial charge on any atom is -0.457 e. The Balaban J connectivity index is 0.925. The van der Waals surface area contributed by atoms with E-state index in [1.54, 1.807) is 17.6 Å². The molecule has 0 saturated heterocycles. The molecule has 4 heterocycles. The quantitative estimate of drug-likeness (QED) is 0.0306. The van der Waals surface area contributed by atoms with Gasteiger partial charge in [0.25, 0.3) is 5.56 Å². The van der Waals surface area contributed by atoms with Gasteiger partial charge in [0, 0.05) is 36.0 Å². The van der Waals surface area contributed by atoms with Crippen molar-refractivity contribution in [3.05, 3.63) is 63.4 Å². The van der Waals surface area contributed by atoms with Gasteiger partial charge >= 0.3 is 17.9 Å². The van der Waals surface area contributed by atoms with Gasteiger partial charge in [0.05, 0.1) is 42.2 Å². The maximum atomic E-state index is 13.8. The number of fused-ring (bicyclic) bond motifs is 5. The van der Waals surface area contributed by atoms with E-state index in [0.717, 1.165) is 48.6 Å². The molecule has 0 saturated carbocycles. The third kappa shape index (κ3) is 13.2. The molecule has 330 valence electrons. The molecular formula is C49H70N2O9. The van der Waals surface area contributed by atoms with Crippen molar-refractivity contribution in [2.24, 2.45) is 0 Å². The Morgan fingerprint density at radius 2 is 1.40 bits per heavy atom. The molecule has 0 fully saturated rings. The van der Waals surface area contributed by atoms with Crippen molar-refractivity contribution < 1.29 is 38.4 Å². The number of aliphatic hydroxyl groups excluding tert-OH is 1. The molecule has 11 nitrogen and oxygen atoms in total. The molecule has 0 bridgehead atoms. The molecule has 0 aliphatic carbocycles. The molecule has 3 aromatic rings. The average Bonchev–Trinajstić information content (AvgIpc) is 3.61. The highest BCUT2D eigenvalue weighted by Crippen LogP contribution is 2.41. The fraction of sp³-hybridized carbons (Fsp3) is 0.653. The highest BCUT2D eigenvalue weighted by Gasteiger charge is 2.50. The molecule has 0 unspecified atom stereocenters. The number of aromatic nitrogens is 2. The van der Waals surface area contributed by atoms with Crippen molar-refractivity contribution in [3.63, 3.8) is 0 Å². The van der Waals surface area contributed by atoms with Crippen LogP contribution in [0.5, 0.6) is 0 Å². The molecule has 0 radical (unpaired) electrons. The fourth-order valence-corrected chi connectivity index (χ4v) is 8.56. The van der Waals surface area contributed by atoms with Crippen LogP contribution >= 0.6 is 0 Å². The Morgan fingerprint density at radius 3 is 2.03 bits per heavy atom. The van der Waals surface area contributed by atoms with Crippen molar-refractivity contribution >= 4 is 28.8 Å². The zero-order chi connectivity index (χ0) is 42.6. The Morgan fingerprint density at radius 1 is 0.800 bits per heavy atom. The van der Waals surface area contributed by atoms with Crippen LogP contribution in [0, 0.1) is 0 Å². The van der Waals surface area contributed by atoms with Crippen LogP contribution in [0.4, 0.5) is 0 Å². The van der Waals surface area contributed by atoms with Crippen LogP contribution in [-0.4, -0.2) is 58.5 Å². The minimum absolute atomic E-state index is 0.101. The first-order valence-electron chi connectivity index (χ1n) is 23.2. The fourth-order valence-electron chi connectivity index (χ4n) is 8.56. The number of para-hydroxylation sites is 1. The number of esters is 3. The van der Waals surface area contributed by atoms with Crippen molar-refractivity contribution in [2.45, 2.75) is 186 Å². The van der Waals surface area contributed by atoms with Gasteiger partial charge in [-0.15, -0.1) is 0 Å². The third-order valence-electron chi connectivity index (χ3n) is 12.1. The number of carbonyl (C=O) groups is 3. The maximum absolute atomic E-state index is 13.8. The summed E-state index contributed by atoms with van der Waals surface area (Å²) in [6.07, 6.45) is 23.0. The number of nitrogens with zero attached hydrogens (tertiary/aromatic N) is 2. The van der Waals surface area contributed by atoms with Gasteiger partial charge in [0.1, 0.15) is 12.7 Å². The van der Waals surface area contributed by atoms with Gasteiger partial charge in [-0.3, -0.25) is 14.4 Å². The van der Waals surface area contributed by atoms with Gasteiger partial charge in [-0.2, -0.15) is 0 Å². The monoisotopic (exact) mass is 831 g/mol. The Hall–Kier alpha value is -4.09. The van der Waals surface area contributed by atoms with Crippen LogP contribution in [0.3, 0.4) is 0 Å². The zero-order valence-corrected chi connectivity index (χ0v) is 36.4. The highest BCUT2D eigenvalue weighted by atomic mass is 16.6. The molecule has 1 aromatic carbocycles. The Labute approximate surface area is 356 Å². The summed E-state index contributed by atoms with van der Waals surface area (Å²) in [5.74, 6) is -1.56. The summed E-state index contributed by atoms with van der Waals surface area (Å²) >= 11 is 0. The number of unbranched alkanes of at least 4 members (excludes halogenated alkanes) is 18. The second-order valence-corrected chi connectivity index (χ2v) is 16.8. The smallest absolute Gasteiger partial charge is 0.355 e. The number of pyridine rings is 2. The maximum Gasteiger partial charge on any atom is 0.355 e. The molecule has 11 heteroatoms. The summed E-state index contributed by atoms with van der Waals surface area (Å²) in [5, 5.41) is 10.7. The molecule has 0 amide bonds. The van der Waals surface area contributed by atoms with E-state index < -0.39 is 23.6 Å². The molecular weight excluding hydrogens is 761 g/mol. The number of rotatable bonds is 30. The summed E-state index contributed by atoms with van der Waals surface area (Å²) in [6.45, 7) is 4.72. The summed E-state index contributed by atoms with van der Waals surface area (Å²) in [5.41, 5.74) is 1.68. The van der Waals surface area contributed by atoms with Crippen molar-refractivity contribution in [1.29, 1.82) is 0 Å². The van der Waals surface area contributed by atoms with E-state index in [2.05, 4.69) is 6.92 Å². The molecule has 2 atom stereocenters. The van der Waals surface area contributed by atoms with E-state index in [0.29, 0.717) is 48.5 Å².